The third kappa shape index (κ3) is 6.44. The number of carbonyl (C=O) groups excluding carboxylic acids is 1. The minimum absolute atomic E-state index is 0.0514. The summed E-state index contributed by atoms with van der Waals surface area (Å²) in [7, 11) is 0.224. The number of nitrogens with zero attached hydrogens (tertiary/aromatic N) is 2. The Balaban J connectivity index is 1.60. The van der Waals surface area contributed by atoms with Gasteiger partial charge >= 0.3 is 0 Å². The van der Waals surface area contributed by atoms with Crippen molar-refractivity contribution >= 4 is 33.8 Å². The van der Waals surface area contributed by atoms with Gasteiger partial charge in [-0.1, -0.05) is 42.0 Å². The summed E-state index contributed by atoms with van der Waals surface area (Å²) < 4.78 is 28.7. The van der Waals surface area contributed by atoms with E-state index in [0.29, 0.717) is 42.7 Å². The summed E-state index contributed by atoms with van der Waals surface area (Å²) in [4.78, 5) is 15.4. The van der Waals surface area contributed by atoms with Gasteiger partial charge < -0.3 is 22.9 Å². The molecule has 0 radical (unpaired) electrons. The molecule has 8 heteroatoms. The quantitative estimate of drug-likeness (QED) is 0.288. The summed E-state index contributed by atoms with van der Waals surface area (Å²) in [5.41, 5.74) is 3.80. The Bertz CT molecular complexity index is 1270. The Morgan fingerprint density at radius 1 is 1.11 bits per heavy atom. The van der Waals surface area contributed by atoms with Crippen LogP contribution in [0.3, 0.4) is 0 Å². The van der Waals surface area contributed by atoms with Crippen molar-refractivity contribution in [2.45, 2.75) is 57.6 Å². The van der Waals surface area contributed by atoms with E-state index in [4.69, 9.17) is 21.1 Å². The summed E-state index contributed by atoms with van der Waals surface area (Å²) in [6.07, 6.45) is 11.0. The van der Waals surface area contributed by atoms with E-state index < -0.39 is 16.5 Å². The first-order chi connectivity index (χ1) is 18.5. The lowest BCUT2D eigenvalue weighted by Gasteiger charge is -2.43. The smallest absolute Gasteiger partial charge is 0.254 e. The van der Waals surface area contributed by atoms with Crippen molar-refractivity contribution in [1.29, 1.82) is 0 Å². The van der Waals surface area contributed by atoms with Gasteiger partial charge in [0.1, 0.15) is 5.75 Å². The number of hydrogen-bond donors (Lipinski definition) is 0. The minimum atomic E-state index is -1.56. The average molecular weight is 556 g/mol. The second-order valence-corrected chi connectivity index (χ2v) is 12.1. The van der Waals surface area contributed by atoms with Crippen LogP contribution in [0.4, 0.5) is 5.69 Å². The van der Waals surface area contributed by atoms with Crippen LogP contribution in [0.1, 0.15) is 60.0 Å². The van der Waals surface area contributed by atoms with Crippen molar-refractivity contribution < 1.29 is 18.5 Å². The number of hydrogen-bond acceptors (Lipinski definition) is 6. The van der Waals surface area contributed by atoms with Crippen molar-refractivity contribution in [3.8, 4) is 5.75 Å². The second kappa shape index (κ2) is 12.7. The fraction of sp³-hybridized carbons (Fsp3) is 0.500. The highest BCUT2D eigenvalue weighted by atomic mass is 35.5. The van der Waals surface area contributed by atoms with Crippen LogP contribution in [0, 0.1) is 11.8 Å². The van der Waals surface area contributed by atoms with Crippen molar-refractivity contribution in [1.82, 2.24) is 0 Å². The second-order valence-electron chi connectivity index (χ2n) is 10.5. The Morgan fingerprint density at radius 2 is 2.00 bits per heavy atom. The van der Waals surface area contributed by atoms with E-state index in [1.807, 2.05) is 18.2 Å². The molecule has 0 aromatic heterocycles. The zero-order valence-electron chi connectivity index (χ0n) is 21.9. The van der Waals surface area contributed by atoms with Crippen LogP contribution in [0.2, 0.25) is 5.02 Å². The first-order valence-electron chi connectivity index (χ1n) is 13.6. The van der Waals surface area contributed by atoms with E-state index in [9.17, 15) is 9.00 Å². The zero-order valence-corrected chi connectivity index (χ0v) is 23.5. The number of fused-ring (bicyclic) bond motifs is 3. The number of anilines is 1. The predicted octanol–water partition coefficient (Wildman–Crippen LogP) is 6.74. The highest BCUT2D eigenvalue weighted by Gasteiger charge is 2.37. The molecule has 3 atom stereocenters. The lowest BCUT2D eigenvalue weighted by molar-refractivity contribution is 0.0134. The molecule has 2 heterocycles. The minimum Gasteiger partial charge on any atom is -0.491 e. The molecule has 1 saturated carbocycles. The van der Waals surface area contributed by atoms with Gasteiger partial charge in [-0.15, -0.1) is 0 Å². The van der Waals surface area contributed by atoms with Gasteiger partial charge in [-0.05, 0) is 91.8 Å². The molecule has 2 aliphatic heterocycles. The molecule has 204 valence electrons. The molecule has 0 unspecified atom stereocenters. The van der Waals surface area contributed by atoms with Gasteiger partial charge in [0.2, 0.25) is 0 Å². The standard InChI is InChI=1S/C30H36ClN2O4S/c1-36-28-8-3-2-6-16-38(35)32-30(34)22-11-14-29-27(18-22)33(20-24-10-13-26(24)28)19-23-9-12-25(31)17-21(23)7-4-5-15-37-29/h3,8-9,11-12,14,17-18,24,26,28H,2,4-7,10,13,15-16,19-20H2,1H3/q-1/b8-3+/t24-,26+,28-/m0/s1. The van der Waals surface area contributed by atoms with E-state index >= 15 is 0 Å². The number of aryl methyl sites for hydroxylation is 1. The third-order valence-electron chi connectivity index (χ3n) is 8.00. The number of carbonyl (C=O) groups is 1. The summed E-state index contributed by atoms with van der Waals surface area (Å²) >= 11 is 6.39. The fourth-order valence-electron chi connectivity index (χ4n) is 5.73. The third-order valence-corrected chi connectivity index (χ3v) is 9.24. The Hall–Kier alpha value is -2.35. The van der Waals surface area contributed by atoms with Crippen LogP contribution < -0.4 is 9.64 Å². The Morgan fingerprint density at radius 3 is 2.82 bits per heavy atom. The number of halogens is 1. The maximum atomic E-state index is 13.0. The Labute approximate surface area is 232 Å². The van der Waals surface area contributed by atoms with Gasteiger partial charge in [0.15, 0.2) is 0 Å². The van der Waals surface area contributed by atoms with Gasteiger partial charge in [0.25, 0.3) is 5.91 Å². The van der Waals surface area contributed by atoms with E-state index in [-0.39, 0.29) is 6.10 Å². The Kier molecular flexibility index (Phi) is 9.08. The molecule has 2 bridgehead atoms. The number of benzene rings is 2. The summed E-state index contributed by atoms with van der Waals surface area (Å²) in [5, 5.41) is 0.750. The van der Waals surface area contributed by atoms with Gasteiger partial charge in [-0.2, -0.15) is 10.6 Å². The molecule has 0 spiro atoms. The highest BCUT2D eigenvalue weighted by molar-refractivity contribution is 7.75. The molecule has 1 aliphatic carbocycles. The zero-order chi connectivity index (χ0) is 26.5. The van der Waals surface area contributed by atoms with Crippen molar-refractivity contribution in [2.75, 3.05) is 30.9 Å². The molecule has 3 aliphatic rings. The maximum Gasteiger partial charge on any atom is 0.254 e. The predicted molar refractivity (Wildman–Crippen MR) is 152 cm³/mol. The molecule has 38 heavy (non-hydrogen) atoms. The summed E-state index contributed by atoms with van der Waals surface area (Å²) in [5.74, 6) is 1.55. The molecule has 1 amide bonds. The molecule has 0 N–H and O–H groups in total. The van der Waals surface area contributed by atoms with Crippen molar-refractivity contribution in [3.05, 3.63) is 70.3 Å². The average Bonchev–Trinajstić information content (AvgIpc) is 2.92. The van der Waals surface area contributed by atoms with Crippen LogP contribution in [0.25, 0.3) is 0 Å². The van der Waals surface area contributed by atoms with Crippen LogP contribution >= 0.6 is 11.6 Å². The molecular weight excluding hydrogens is 520 g/mol. The van der Waals surface area contributed by atoms with E-state index in [0.717, 1.165) is 61.5 Å². The first kappa shape index (κ1) is 27.2. The van der Waals surface area contributed by atoms with Gasteiger partial charge in [0, 0.05) is 30.8 Å². The number of methoxy groups -OCH3 is 1. The summed E-state index contributed by atoms with van der Waals surface area (Å²) in [6, 6.07) is 11.7. The van der Waals surface area contributed by atoms with Gasteiger partial charge in [-0.3, -0.25) is 4.79 Å². The van der Waals surface area contributed by atoms with E-state index in [1.165, 1.54) is 11.1 Å². The SMILES string of the molecule is CO[C@H]1/C=C/CCC[S-](=O)=NC(=O)c2ccc3c(c2)N(Cc2ccc(Cl)cc2CCCCO3)C[C@@H]2CC[C@H]21. The topological polar surface area (TPSA) is 68.2 Å². The molecule has 2 aromatic carbocycles. The number of amides is 1. The molecule has 0 saturated heterocycles. The van der Waals surface area contributed by atoms with Crippen LogP contribution in [-0.2, 0) is 32.5 Å². The largest absolute Gasteiger partial charge is 0.491 e. The fourth-order valence-corrected chi connectivity index (χ4v) is 6.72. The van der Waals surface area contributed by atoms with Gasteiger partial charge in [0.05, 0.1) is 18.4 Å². The maximum absolute atomic E-state index is 13.0. The molecule has 1 fully saturated rings. The summed E-state index contributed by atoms with van der Waals surface area (Å²) in [6.45, 7) is 2.10. The normalized spacial score (nSPS) is 26.0. The number of allylic oxidation sites excluding steroid dienone is 1. The van der Waals surface area contributed by atoms with Crippen molar-refractivity contribution in [2.24, 2.45) is 16.2 Å². The monoisotopic (exact) mass is 555 g/mol. The molecule has 2 aromatic rings. The van der Waals surface area contributed by atoms with Crippen LogP contribution in [0.5, 0.6) is 5.75 Å². The van der Waals surface area contributed by atoms with Crippen molar-refractivity contribution in [3.63, 3.8) is 0 Å². The highest BCUT2D eigenvalue weighted by Crippen LogP contribution is 2.42. The molecule has 6 nitrogen and oxygen atoms in total. The number of rotatable bonds is 1. The number of ether oxygens (including phenoxy) is 2. The van der Waals surface area contributed by atoms with Crippen LogP contribution in [0.15, 0.2) is 52.9 Å². The lowest BCUT2D eigenvalue weighted by Crippen LogP contribution is -2.43. The van der Waals surface area contributed by atoms with E-state index in [1.54, 1.807) is 13.2 Å². The first-order valence-corrected chi connectivity index (χ1v) is 15.3. The van der Waals surface area contributed by atoms with Gasteiger partial charge in [-0.25, -0.2) is 0 Å². The molecule has 5 rings (SSSR count). The molecular formula is C30H36ClN2O4S-. The lowest BCUT2D eigenvalue weighted by atomic mass is 9.70. The van der Waals surface area contributed by atoms with E-state index in [2.05, 4.69) is 33.5 Å². The van der Waals surface area contributed by atoms with Crippen LogP contribution in [-0.4, -0.2) is 38.0 Å².